The number of benzene rings is 1. The van der Waals surface area contributed by atoms with Crippen molar-refractivity contribution in [2.75, 3.05) is 6.54 Å². The maximum absolute atomic E-state index is 13.4. The van der Waals surface area contributed by atoms with Crippen molar-refractivity contribution in [3.05, 3.63) is 47.3 Å². The fourth-order valence-electron chi connectivity index (χ4n) is 3.16. The van der Waals surface area contributed by atoms with Crippen LogP contribution in [-0.2, 0) is 28.4 Å². The van der Waals surface area contributed by atoms with Crippen molar-refractivity contribution < 1.29 is 8.42 Å². The Bertz CT molecular complexity index is 876. The maximum Gasteiger partial charge on any atom is 0.246 e. The summed E-state index contributed by atoms with van der Waals surface area (Å²) in [6.45, 7) is 11.0. The average Bonchev–Trinajstić information content (AvgIpc) is 3.01. The van der Waals surface area contributed by atoms with Gasteiger partial charge in [-0.25, -0.2) is 8.42 Å². The predicted octanol–water partition coefficient (Wildman–Crippen LogP) is 3.51. The first-order valence-electron chi connectivity index (χ1n) is 8.77. The van der Waals surface area contributed by atoms with E-state index >= 15 is 0 Å². The van der Waals surface area contributed by atoms with Crippen LogP contribution in [0.3, 0.4) is 0 Å². The highest BCUT2D eigenvalue weighted by Crippen LogP contribution is 2.32. The molecule has 0 aliphatic carbocycles. The van der Waals surface area contributed by atoms with E-state index in [-0.39, 0.29) is 11.5 Å². The van der Waals surface area contributed by atoms with Crippen LogP contribution in [0.15, 0.2) is 35.4 Å². The largest absolute Gasteiger partial charge is 0.269 e. The van der Waals surface area contributed by atoms with Crippen molar-refractivity contribution in [2.45, 2.75) is 63.9 Å². The summed E-state index contributed by atoms with van der Waals surface area (Å²) in [7, 11) is -3.58. The monoisotopic (exact) mass is 361 g/mol. The molecule has 0 unspecified atom stereocenters. The molecule has 5 nitrogen and oxygen atoms in total. The highest BCUT2D eigenvalue weighted by Gasteiger charge is 2.35. The zero-order valence-electron chi connectivity index (χ0n) is 15.7. The molecule has 25 heavy (non-hydrogen) atoms. The van der Waals surface area contributed by atoms with Gasteiger partial charge in [0.05, 0.1) is 5.69 Å². The average molecular weight is 362 g/mol. The first-order chi connectivity index (χ1) is 11.6. The van der Waals surface area contributed by atoms with Crippen molar-refractivity contribution in [1.29, 1.82) is 0 Å². The molecule has 1 aliphatic rings. The lowest BCUT2D eigenvalue weighted by molar-refractivity contribution is 0.389. The molecule has 0 saturated heterocycles. The van der Waals surface area contributed by atoms with E-state index in [0.29, 0.717) is 23.7 Å². The van der Waals surface area contributed by atoms with Crippen molar-refractivity contribution in [3.8, 4) is 0 Å². The summed E-state index contributed by atoms with van der Waals surface area (Å²) in [5.74, 6) is 0. The van der Waals surface area contributed by atoms with E-state index in [1.165, 1.54) is 5.56 Å². The van der Waals surface area contributed by atoms with Gasteiger partial charge in [-0.3, -0.25) is 4.68 Å². The first kappa shape index (κ1) is 18.1. The number of hydrogen-bond donors (Lipinski definition) is 0. The molecule has 0 spiro atoms. The minimum Gasteiger partial charge on any atom is -0.269 e. The molecule has 0 radical (unpaired) electrons. The molecule has 0 fully saturated rings. The van der Waals surface area contributed by atoms with Crippen LogP contribution in [0.4, 0.5) is 0 Å². The standard InChI is InChI=1S/C19H27N3O2S/c1-14(2)22-13-17(18(20-22)19(3,4)5)25(23,24)21-11-10-15-8-6-7-9-16(15)12-21/h6-9,13-14H,10-12H2,1-5H3. The number of sulfonamides is 1. The summed E-state index contributed by atoms with van der Waals surface area (Å²) in [4.78, 5) is 0.341. The Morgan fingerprint density at radius 2 is 1.76 bits per heavy atom. The van der Waals surface area contributed by atoms with E-state index in [9.17, 15) is 8.42 Å². The zero-order chi connectivity index (χ0) is 18.4. The Morgan fingerprint density at radius 3 is 2.36 bits per heavy atom. The molecule has 0 N–H and O–H groups in total. The van der Waals surface area contributed by atoms with Crippen molar-refractivity contribution >= 4 is 10.0 Å². The Morgan fingerprint density at radius 1 is 1.12 bits per heavy atom. The van der Waals surface area contributed by atoms with Crippen LogP contribution >= 0.6 is 0 Å². The van der Waals surface area contributed by atoms with Crippen LogP contribution in [-0.4, -0.2) is 29.0 Å². The molecule has 3 rings (SSSR count). The molecule has 0 atom stereocenters. The molecule has 136 valence electrons. The Hall–Kier alpha value is -1.66. The highest BCUT2D eigenvalue weighted by atomic mass is 32.2. The Kier molecular flexibility index (Phi) is 4.54. The summed E-state index contributed by atoms with van der Waals surface area (Å²) in [6, 6.07) is 8.18. The molecular weight excluding hydrogens is 334 g/mol. The van der Waals surface area contributed by atoms with Gasteiger partial charge < -0.3 is 0 Å². The van der Waals surface area contributed by atoms with Crippen LogP contribution in [0.5, 0.6) is 0 Å². The van der Waals surface area contributed by atoms with Crippen LogP contribution in [0.1, 0.15) is 57.5 Å². The summed E-state index contributed by atoms with van der Waals surface area (Å²) >= 11 is 0. The lowest BCUT2D eigenvalue weighted by Crippen LogP contribution is -2.36. The number of rotatable bonds is 3. The first-order valence-corrected chi connectivity index (χ1v) is 10.2. The van der Waals surface area contributed by atoms with E-state index in [1.54, 1.807) is 15.2 Å². The predicted molar refractivity (Wildman–Crippen MR) is 99.1 cm³/mol. The second-order valence-electron chi connectivity index (χ2n) is 8.02. The molecular formula is C19H27N3O2S. The van der Waals surface area contributed by atoms with E-state index in [1.807, 2.05) is 52.8 Å². The highest BCUT2D eigenvalue weighted by molar-refractivity contribution is 7.89. The summed E-state index contributed by atoms with van der Waals surface area (Å²) in [5, 5.41) is 4.60. The molecule has 2 aromatic rings. The van der Waals surface area contributed by atoms with Gasteiger partial charge in [0.15, 0.2) is 0 Å². The quantitative estimate of drug-likeness (QED) is 0.841. The SMILES string of the molecule is CC(C)n1cc(S(=O)(=O)N2CCc3ccccc3C2)c(C(C)(C)C)n1. The van der Waals surface area contributed by atoms with Gasteiger partial charge in [-0.2, -0.15) is 9.40 Å². The third kappa shape index (κ3) is 3.37. The smallest absolute Gasteiger partial charge is 0.246 e. The number of fused-ring (bicyclic) bond motifs is 1. The van der Waals surface area contributed by atoms with Gasteiger partial charge in [0.2, 0.25) is 10.0 Å². The van der Waals surface area contributed by atoms with Crippen molar-refractivity contribution in [2.24, 2.45) is 0 Å². The van der Waals surface area contributed by atoms with E-state index < -0.39 is 10.0 Å². The van der Waals surface area contributed by atoms with Crippen molar-refractivity contribution in [1.82, 2.24) is 14.1 Å². The van der Waals surface area contributed by atoms with Gasteiger partial charge in [-0.15, -0.1) is 0 Å². The van der Waals surface area contributed by atoms with Gasteiger partial charge in [0.1, 0.15) is 4.90 Å². The number of nitrogens with zero attached hydrogens (tertiary/aromatic N) is 3. The summed E-state index contributed by atoms with van der Waals surface area (Å²) in [6.07, 6.45) is 2.44. The Balaban J connectivity index is 2.04. The molecule has 1 aromatic heterocycles. The minimum absolute atomic E-state index is 0.118. The number of aromatic nitrogens is 2. The second-order valence-corrected chi connectivity index (χ2v) is 9.93. The lowest BCUT2D eigenvalue weighted by Gasteiger charge is -2.28. The molecule has 0 amide bonds. The number of hydrogen-bond acceptors (Lipinski definition) is 3. The van der Waals surface area contributed by atoms with E-state index in [0.717, 1.165) is 12.0 Å². The fraction of sp³-hybridized carbons (Fsp3) is 0.526. The minimum atomic E-state index is -3.58. The topological polar surface area (TPSA) is 55.2 Å². The molecule has 1 aliphatic heterocycles. The molecule has 0 saturated carbocycles. The normalized spacial score (nSPS) is 16.2. The maximum atomic E-state index is 13.4. The van der Waals surface area contributed by atoms with Crippen LogP contribution < -0.4 is 0 Å². The lowest BCUT2D eigenvalue weighted by atomic mass is 9.92. The molecule has 6 heteroatoms. The molecule has 2 heterocycles. The third-order valence-corrected chi connectivity index (χ3v) is 6.50. The van der Waals surface area contributed by atoms with Gasteiger partial charge in [0.25, 0.3) is 0 Å². The molecule has 1 aromatic carbocycles. The van der Waals surface area contributed by atoms with Crippen molar-refractivity contribution in [3.63, 3.8) is 0 Å². The van der Waals surface area contributed by atoms with Crippen LogP contribution in [0.2, 0.25) is 0 Å². The van der Waals surface area contributed by atoms with E-state index in [4.69, 9.17) is 0 Å². The summed E-state index contributed by atoms with van der Waals surface area (Å²) < 4.78 is 30.1. The fourth-order valence-corrected chi connectivity index (χ4v) is 4.91. The van der Waals surface area contributed by atoms with Crippen LogP contribution in [0.25, 0.3) is 0 Å². The van der Waals surface area contributed by atoms with Gasteiger partial charge in [0, 0.05) is 30.7 Å². The van der Waals surface area contributed by atoms with Gasteiger partial charge in [-0.1, -0.05) is 45.0 Å². The van der Waals surface area contributed by atoms with Crippen LogP contribution in [0, 0.1) is 0 Å². The zero-order valence-corrected chi connectivity index (χ0v) is 16.5. The van der Waals surface area contributed by atoms with Gasteiger partial charge in [-0.05, 0) is 31.4 Å². The second kappa shape index (κ2) is 6.25. The molecule has 0 bridgehead atoms. The summed E-state index contributed by atoms with van der Waals surface area (Å²) in [5.41, 5.74) is 2.63. The van der Waals surface area contributed by atoms with Gasteiger partial charge >= 0.3 is 0 Å². The Labute approximate surface area is 150 Å². The third-order valence-electron chi connectivity index (χ3n) is 4.65. The van der Waals surface area contributed by atoms with E-state index in [2.05, 4.69) is 11.2 Å².